The summed E-state index contributed by atoms with van der Waals surface area (Å²) < 4.78 is 0. The lowest BCUT2D eigenvalue weighted by molar-refractivity contribution is -0.115. The summed E-state index contributed by atoms with van der Waals surface area (Å²) in [6.07, 6.45) is 6.11. The number of nitrogens with one attached hydrogen (secondary N) is 2. The number of amides is 1. The van der Waals surface area contributed by atoms with Gasteiger partial charge in [0.2, 0.25) is 5.91 Å². The fourth-order valence-electron chi connectivity index (χ4n) is 3.92. The Balaban J connectivity index is 1.68. The quantitative estimate of drug-likeness (QED) is 0.714. The summed E-state index contributed by atoms with van der Waals surface area (Å²) in [5.41, 5.74) is 4.54. The third-order valence-corrected chi connectivity index (χ3v) is 5.45. The average molecular weight is 353 g/mol. The zero-order valence-corrected chi connectivity index (χ0v) is 14.9. The van der Waals surface area contributed by atoms with Crippen LogP contribution in [-0.2, 0) is 4.79 Å². The van der Waals surface area contributed by atoms with Crippen molar-refractivity contribution >= 4 is 28.9 Å². The number of benzene rings is 2. The standard InChI is InChI=1S/C21H21ClN2O/c1-2-20(25)23-15-10-11-19-18(12-15)16-4-3-5-17(16)21(24-19)13-6-8-14(22)9-7-13/h3-4,6-12,16-17,21,24H,2,5H2,1H3,(H,23,25). The van der Waals surface area contributed by atoms with Crippen LogP contribution in [0.25, 0.3) is 0 Å². The third kappa shape index (κ3) is 3.05. The molecule has 0 spiro atoms. The molecule has 1 aliphatic heterocycles. The molecule has 4 rings (SSSR count). The van der Waals surface area contributed by atoms with E-state index in [-0.39, 0.29) is 11.9 Å². The number of carbonyl (C=O) groups is 1. The number of hydrogen-bond acceptors (Lipinski definition) is 2. The van der Waals surface area contributed by atoms with Gasteiger partial charge in [-0.2, -0.15) is 0 Å². The van der Waals surface area contributed by atoms with Crippen molar-refractivity contribution in [1.29, 1.82) is 0 Å². The molecule has 0 bridgehead atoms. The second-order valence-electron chi connectivity index (χ2n) is 6.73. The van der Waals surface area contributed by atoms with Crippen LogP contribution in [0.4, 0.5) is 11.4 Å². The number of allylic oxidation sites excluding steroid dienone is 2. The molecule has 3 nitrogen and oxygen atoms in total. The average Bonchev–Trinajstić information content (AvgIpc) is 3.12. The Morgan fingerprint density at radius 3 is 2.80 bits per heavy atom. The van der Waals surface area contributed by atoms with Gasteiger partial charge in [-0.3, -0.25) is 4.79 Å². The largest absolute Gasteiger partial charge is 0.378 e. The van der Waals surface area contributed by atoms with Crippen molar-refractivity contribution in [1.82, 2.24) is 0 Å². The molecule has 2 aromatic rings. The highest BCUT2D eigenvalue weighted by Gasteiger charge is 2.37. The fraction of sp³-hybridized carbons (Fsp3) is 0.286. The van der Waals surface area contributed by atoms with Crippen molar-refractivity contribution in [3.05, 3.63) is 70.8 Å². The Morgan fingerprint density at radius 2 is 2.04 bits per heavy atom. The SMILES string of the molecule is CCC(=O)Nc1ccc2c(c1)C1C=CCC1C(c1ccc(Cl)cc1)N2. The minimum Gasteiger partial charge on any atom is -0.378 e. The second-order valence-corrected chi connectivity index (χ2v) is 7.17. The molecule has 3 atom stereocenters. The molecule has 3 unspecified atom stereocenters. The molecule has 1 aliphatic carbocycles. The maximum absolute atomic E-state index is 11.7. The van der Waals surface area contributed by atoms with E-state index < -0.39 is 0 Å². The van der Waals surface area contributed by atoms with Crippen LogP contribution in [0.1, 0.15) is 42.9 Å². The molecule has 0 saturated heterocycles. The Morgan fingerprint density at radius 1 is 1.24 bits per heavy atom. The molecule has 1 amide bonds. The van der Waals surface area contributed by atoms with Gasteiger partial charge < -0.3 is 10.6 Å². The van der Waals surface area contributed by atoms with Crippen LogP contribution in [0, 0.1) is 5.92 Å². The molecule has 0 aromatic heterocycles. The summed E-state index contributed by atoms with van der Waals surface area (Å²) in [5.74, 6) is 0.891. The summed E-state index contributed by atoms with van der Waals surface area (Å²) in [4.78, 5) is 11.7. The summed E-state index contributed by atoms with van der Waals surface area (Å²) >= 11 is 6.05. The lowest BCUT2D eigenvalue weighted by Crippen LogP contribution is -2.29. The molecule has 0 saturated carbocycles. The first-order valence-corrected chi connectivity index (χ1v) is 9.16. The second kappa shape index (κ2) is 6.57. The number of hydrogen-bond donors (Lipinski definition) is 2. The van der Waals surface area contributed by atoms with Crippen LogP contribution in [0.2, 0.25) is 5.02 Å². The number of carbonyl (C=O) groups excluding carboxylic acids is 1. The zero-order valence-electron chi connectivity index (χ0n) is 14.1. The molecule has 1 heterocycles. The molecule has 0 radical (unpaired) electrons. The maximum Gasteiger partial charge on any atom is 0.224 e. The first-order valence-electron chi connectivity index (χ1n) is 8.78. The molecular weight excluding hydrogens is 332 g/mol. The van der Waals surface area contributed by atoms with Crippen molar-refractivity contribution in [2.75, 3.05) is 10.6 Å². The maximum atomic E-state index is 11.7. The summed E-state index contributed by atoms with van der Waals surface area (Å²) in [6.45, 7) is 1.86. The Kier molecular flexibility index (Phi) is 4.26. The lowest BCUT2D eigenvalue weighted by Gasteiger charge is -2.37. The molecule has 128 valence electrons. The number of halogens is 1. The van der Waals surface area contributed by atoms with E-state index in [1.807, 2.05) is 25.1 Å². The smallest absolute Gasteiger partial charge is 0.224 e. The van der Waals surface area contributed by atoms with Crippen molar-refractivity contribution in [2.24, 2.45) is 5.92 Å². The van der Waals surface area contributed by atoms with Gasteiger partial charge in [0.15, 0.2) is 0 Å². The molecule has 2 N–H and O–H groups in total. The highest BCUT2D eigenvalue weighted by Crippen LogP contribution is 2.50. The van der Waals surface area contributed by atoms with Crippen LogP contribution in [-0.4, -0.2) is 5.91 Å². The van der Waals surface area contributed by atoms with E-state index in [2.05, 4.69) is 47.1 Å². The fourth-order valence-corrected chi connectivity index (χ4v) is 4.05. The van der Waals surface area contributed by atoms with E-state index in [9.17, 15) is 4.79 Å². The van der Waals surface area contributed by atoms with E-state index in [0.717, 1.165) is 22.8 Å². The van der Waals surface area contributed by atoms with Crippen molar-refractivity contribution in [2.45, 2.75) is 31.7 Å². The van der Waals surface area contributed by atoms with Gasteiger partial charge in [-0.1, -0.05) is 42.8 Å². The van der Waals surface area contributed by atoms with Crippen LogP contribution < -0.4 is 10.6 Å². The normalized spacial score (nSPS) is 23.5. The highest BCUT2D eigenvalue weighted by atomic mass is 35.5. The number of rotatable bonds is 3. The van der Waals surface area contributed by atoms with Gasteiger partial charge in [0.25, 0.3) is 0 Å². The Labute approximate surface area is 153 Å². The van der Waals surface area contributed by atoms with E-state index in [1.54, 1.807) is 0 Å². The van der Waals surface area contributed by atoms with Gasteiger partial charge in [-0.05, 0) is 53.8 Å². The zero-order chi connectivity index (χ0) is 17.4. The Hall–Kier alpha value is -2.26. The van der Waals surface area contributed by atoms with Crippen LogP contribution in [0.5, 0.6) is 0 Å². The van der Waals surface area contributed by atoms with E-state index in [1.165, 1.54) is 11.1 Å². The van der Waals surface area contributed by atoms with Gasteiger partial charge in [-0.25, -0.2) is 0 Å². The van der Waals surface area contributed by atoms with Crippen LogP contribution in [0.15, 0.2) is 54.6 Å². The van der Waals surface area contributed by atoms with Crippen LogP contribution >= 0.6 is 11.6 Å². The molecule has 0 fully saturated rings. The number of anilines is 2. The van der Waals surface area contributed by atoms with E-state index in [4.69, 9.17) is 11.6 Å². The van der Waals surface area contributed by atoms with Crippen molar-refractivity contribution in [3.8, 4) is 0 Å². The Bertz CT molecular complexity index is 828. The van der Waals surface area contributed by atoms with Gasteiger partial charge in [0.05, 0.1) is 6.04 Å². The van der Waals surface area contributed by atoms with Gasteiger partial charge in [0, 0.05) is 28.7 Å². The van der Waals surface area contributed by atoms with E-state index in [0.29, 0.717) is 18.3 Å². The van der Waals surface area contributed by atoms with Gasteiger partial charge in [-0.15, -0.1) is 0 Å². The molecule has 2 aromatic carbocycles. The van der Waals surface area contributed by atoms with Crippen LogP contribution in [0.3, 0.4) is 0 Å². The first-order chi connectivity index (χ1) is 12.2. The van der Waals surface area contributed by atoms with Gasteiger partial charge >= 0.3 is 0 Å². The molecule has 2 aliphatic rings. The molecule has 4 heteroatoms. The highest BCUT2D eigenvalue weighted by molar-refractivity contribution is 6.30. The minimum atomic E-state index is 0.0428. The predicted molar refractivity (Wildman–Crippen MR) is 103 cm³/mol. The molecule has 25 heavy (non-hydrogen) atoms. The lowest BCUT2D eigenvalue weighted by atomic mass is 9.77. The van der Waals surface area contributed by atoms with E-state index >= 15 is 0 Å². The summed E-state index contributed by atoms with van der Waals surface area (Å²) in [5, 5.41) is 7.43. The summed E-state index contributed by atoms with van der Waals surface area (Å²) in [6, 6.07) is 14.5. The first kappa shape index (κ1) is 16.2. The van der Waals surface area contributed by atoms with Crippen molar-refractivity contribution in [3.63, 3.8) is 0 Å². The van der Waals surface area contributed by atoms with Crippen molar-refractivity contribution < 1.29 is 4.79 Å². The predicted octanol–water partition coefficient (Wildman–Crippen LogP) is 5.52. The topological polar surface area (TPSA) is 41.1 Å². The molecular formula is C21H21ClN2O. The monoisotopic (exact) mass is 352 g/mol. The number of fused-ring (bicyclic) bond motifs is 3. The summed E-state index contributed by atoms with van der Waals surface area (Å²) in [7, 11) is 0. The van der Waals surface area contributed by atoms with Gasteiger partial charge in [0.1, 0.15) is 0 Å². The minimum absolute atomic E-state index is 0.0428. The third-order valence-electron chi connectivity index (χ3n) is 5.20.